The van der Waals surface area contributed by atoms with E-state index < -0.39 is 11.8 Å². The van der Waals surface area contributed by atoms with Crippen LogP contribution < -0.4 is 30.4 Å². The van der Waals surface area contributed by atoms with Gasteiger partial charge in [0.25, 0.3) is 11.8 Å². The molecule has 0 unspecified atom stereocenters. The van der Waals surface area contributed by atoms with E-state index in [1.165, 1.54) is 7.11 Å². The fourth-order valence-electron chi connectivity index (χ4n) is 2.02. The maximum atomic E-state index is 12.2. The number of amides is 2. The van der Waals surface area contributed by atoms with Crippen molar-refractivity contribution < 1.29 is 23.8 Å². The van der Waals surface area contributed by atoms with Crippen LogP contribution in [0.25, 0.3) is 0 Å². The number of carbonyl (C=O) groups excluding carboxylic acids is 2. The standard InChI is InChI=1S/C18H19N3O5S/c1-24-12-7-9-13(10-8-12)26-11-16(22)20-21-18(27)19-17(23)14-5-3-4-6-15(14)25-2/h3-10H,11H2,1-2H3,(H,20,22)(H2,19,21,23,27). The van der Waals surface area contributed by atoms with Crippen LogP contribution in [0.3, 0.4) is 0 Å². The van der Waals surface area contributed by atoms with E-state index in [0.29, 0.717) is 22.8 Å². The number of thiocarbonyl (C=S) groups is 1. The van der Waals surface area contributed by atoms with Crippen molar-refractivity contribution in [2.45, 2.75) is 0 Å². The van der Waals surface area contributed by atoms with Crippen molar-refractivity contribution in [3.63, 3.8) is 0 Å². The van der Waals surface area contributed by atoms with Crippen molar-refractivity contribution in [2.75, 3.05) is 20.8 Å². The van der Waals surface area contributed by atoms with Gasteiger partial charge in [-0.1, -0.05) is 12.1 Å². The van der Waals surface area contributed by atoms with E-state index in [-0.39, 0.29) is 11.7 Å². The topological polar surface area (TPSA) is 97.9 Å². The molecule has 0 aliphatic heterocycles. The van der Waals surface area contributed by atoms with E-state index in [1.54, 1.807) is 55.6 Å². The summed E-state index contributed by atoms with van der Waals surface area (Å²) in [6, 6.07) is 13.5. The lowest BCUT2D eigenvalue weighted by atomic mass is 10.2. The Morgan fingerprint density at radius 1 is 0.926 bits per heavy atom. The summed E-state index contributed by atoms with van der Waals surface area (Å²) in [5.41, 5.74) is 5.09. The number of carbonyl (C=O) groups is 2. The van der Waals surface area contributed by atoms with E-state index in [0.717, 1.165) is 0 Å². The molecule has 27 heavy (non-hydrogen) atoms. The van der Waals surface area contributed by atoms with Crippen LogP contribution in [0.2, 0.25) is 0 Å². The fourth-order valence-corrected chi connectivity index (χ4v) is 2.16. The van der Waals surface area contributed by atoms with Gasteiger partial charge in [0.05, 0.1) is 19.8 Å². The van der Waals surface area contributed by atoms with Gasteiger partial charge >= 0.3 is 0 Å². The summed E-state index contributed by atoms with van der Waals surface area (Å²) in [5, 5.41) is 2.38. The van der Waals surface area contributed by atoms with Crippen LogP contribution in [0.4, 0.5) is 0 Å². The molecular formula is C18H19N3O5S. The Labute approximate surface area is 161 Å². The minimum atomic E-state index is -0.472. The van der Waals surface area contributed by atoms with E-state index >= 15 is 0 Å². The van der Waals surface area contributed by atoms with Gasteiger partial charge in [-0.3, -0.25) is 25.8 Å². The van der Waals surface area contributed by atoms with Gasteiger partial charge in [0, 0.05) is 0 Å². The minimum absolute atomic E-state index is 0.0660. The Balaban J connectivity index is 1.75. The Hall–Kier alpha value is -3.33. The second-order valence-corrected chi connectivity index (χ2v) is 5.53. The van der Waals surface area contributed by atoms with Crippen LogP contribution in [-0.4, -0.2) is 37.8 Å². The zero-order valence-electron chi connectivity index (χ0n) is 14.8. The number of hydrogen-bond donors (Lipinski definition) is 3. The van der Waals surface area contributed by atoms with Crippen molar-refractivity contribution in [3.05, 3.63) is 54.1 Å². The molecule has 0 aromatic heterocycles. The highest BCUT2D eigenvalue weighted by Crippen LogP contribution is 2.17. The summed E-state index contributed by atoms with van der Waals surface area (Å²) in [6.07, 6.45) is 0. The second kappa shape index (κ2) is 9.97. The molecule has 0 atom stereocenters. The van der Waals surface area contributed by atoms with Crippen LogP contribution in [-0.2, 0) is 4.79 Å². The molecule has 3 N–H and O–H groups in total. The zero-order chi connectivity index (χ0) is 19.6. The molecular weight excluding hydrogens is 370 g/mol. The Morgan fingerprint density at radius 2 is 1.59 bits per heavy atom. The maximum absolute atomic E-state index is 12.2. The first-order valence-electron chi connectivity index (χ1n) is 7.83. The summed E-state index contributed by atoms with van der Waals surface area (Å²) in [6.45, 7) is -0.234. The molecule has 0 fully saturated rings. The van der Waals surface area contributed by atoms with Crippen LogP contribution in [0, 0.1) is 0 Å². The molecule has 2 amide bonds. The van der Waals surface area contributed by atoms with E-state index in [4.69, 9.17) is 26.4 Å². The average molecular weight is 389 g/mol. The third kappa shape index (κ3) is 6.15. The molecule has 0 aliphatic carbocycles. The molecule has 0 bridgehead atoms. The summed E-state index contributed by atoms with van der Waals surface area (Å²) in [7, 11) is 3.02. The number of hydrogen-bond acceptors (Lipinski definition) is 6. The van der Waals surface area contributed by atoms with Gasteiger partial charge in [0.2, 0.25) is 0 Å². The molecule has 2 aromatic rings. The number of benzene rings is 2. The van der Waals surface area contributed by atoms with Crippen LogP contribution >= 0.6 is 12.2 Å². The Morgan fingerprint density at radius 3 is 2.26 bits per heavy atom. The molecule has 0 saturated heterocycles. The van der Waals surface area contributed by atoms with Crippen molar-refractivity contribution in [1.29, 1.82) is 0 Å². The largest absolute Gasteiger partial charge is 0.497 e. The highest BCUT2D eigenvalue weighted by atomic mass is 32.1. The smallest absolute Gasteiger partial charge is 0.276 e. The highest BCUT2D eigenvalue weighted by Gasteiger charge is 2.13. The third-order valence-corrected chi connectivity index (χ3v) is 3.53. The fraction of sp³-hybridized carbons (Fsp3) is 0.167. The normalized spacial score (nSPS) is 9.70. The molecule has 9 heteroatoms. The first kappa shape index (κ1) is 20.0. The number of hydrazine groups is 1. The quantitative estimate of drug-likeness (QED) is 0.508. The van der Waals surface area contributed by atoms with Crippen molar-refractivity contribution in [3.8, 4) is 17.2 Å². The van der Waals surface area contributed by atoms with Gasteiger partial charge in [0.1, 0.15) is 17.2 Å². The summed E-state index contributed by atoms with van der Waals surface area (Å²) < 4.78 is 15.5. The second-order valence-electron chi connectivity index (χ2n) is 5.12. The number of para-hydroxylation sites is 1. The molecule has 0 spiro atoms. The summed E-state index contributed by atoms with van der Waals surface area (Å²) in [5.74, 6) is 0.672. The van der Waals surface area contributed by atoms with E-state index in [1.807, 2.05) is 0 Å². The van der Waals surface area contributed by atoms with Crippen LogP contribution in [0.15, 0.2) is 48.5 Å². The molecule has 2 rings (SSSR count). The summed E-state index contributed by atoms with van der Waals surface area (Å²) in [4.78, 5) is 24.0. The highest BCUT2D eigenvalue weighted by molar-refractivity contribution is 7.80. The van der Waals surface area contributed by atoms with Crippen molar-refractivity contribution in [2.24, 2.45) is 0 Å². The lowest BCUT2D eigenvalue weighted by Crippen LogP contribution is -2.49. The average Bonchev–Trinajstić information content (AvgIpc) is 2.70. The predicted octanol–water partition coefficient (Wildman–Crippen LogP) is 1.42. The Bertz CT molecular complexity index is 811. The van der Waals surface area contributed by atoms with Crippen molar-refractivity contribution >= 4 is 29.1 Å². The number of rotatable bonds is 6. The summed E-state index contributed by atoms with van der Waals surface area (Å²) >= 11 is 4.98. The first-order chi connectivity index (χ1) is 13.0. The molecule has 0 aliphatic rings. The van der Waals surface area contributed by atoms with E-state index in [2.05, 4.69) is 16.2 Å². The molecule has 2 aromatic carbocycles. The molecule has 8 nitrogen and oxygen atoms in total. The lowest BCUT2D eigenvalue weighted by Gasteiger charge is -2.12. The number of nitrogens with one attached hydrogen (secondary N) is 3. The monoisotopic (exact) mass is 389 g/mol. The predicted molar refractivity (Wildman–Crippen MR) is 103 cm³/mol. The molecule has 0 heterocycles. The van der Waals surface area contributed by atoms with E-state index in [9.17, 15) is 9.59 Å². The van der Waals surface area contributed by atoms with Gasteiger partial charge in [-0.15, -0.1) is 0 Å². The minimum Gasteiger partial charge on any atom is -0.497 e. The van der Waals surface area contributed by atoms with Gasteiger partial charge in [-0.05, 0) is 48.6 Å². The lowest BCUT2D eigenvalue weighted by molar-refractivity contribution is -0.123. The molecule has 142 valence electrons. The van der Waals surface area contributed by atoms with Crippen LogP contribution in [0.5, 0.6) is 17.2 Å². The molecule has 0 saturated carbocycles. The SMILES string of the molecule is COc1ccc(OCC(=O)NNC(=S)NC(=O)c2ccccc2OC)cc1. The van der Waals surface area contributed by atoms with Gasteiger partial charge in [0.15, 0.2) is 11.7 Å². The van der Waals surface area contributed by atoms with Crippen LogP contribution in [0.1, 0.15) is 10.4 Å². The first-order valence-corrected chi connectivity index (χ1v) is 8.24. The van der Waals surface area contributed by atoms with Gasteiger partial charge in [-0.2, -0.15) is 0 Å². The third-order valence-electron chi connectivity index (χ3n) is 3.32. The maximum Gasteiger partial charge on any atom is 0.276 e. The number of methoxy groups -OCH3 is 2. The number of ether oxygens (including phenoxy) is 3. The van der Waals surface area contributed by atoms with Gasteiger partial charge in [-0.25, -0.2) is 0 Å². The zero-order valence-corrected chi connectivity index (χ0v) is 15.6. The van der Waals surface area contributed by atoms with Gasteiger partial charge < -0.3 is 14.2 Å². The molecule has 0 radical (unpaired) electrons. The van der Waals surface area contributed by atoms with Crippen molar-refractivity contribution in [1.82, 2.24) is 16.2 Å². The Kier molecular flexibility index (Phi) is 7.38.